The molecule has 1 aliphatic heterocycles. The van der Waals surface area contributed by atoms with Gasteiger partial charge in [-0.1, -0.05) is 0 Å². The van der Waals surface area contributed by atoms with Crippen LogP contribution in [-0.4, -0.2) is 29.9 Å². The second-order valence-electron chi connectivity index (χ2n) is 2.28. The van der Waals surface area contributed by atoms with Crippen LogP contribution in [0.1, 0.15) is 13.3 Å². The Bertz CT molecular complexity index is 112. The summed E-state index contributed by atoms with van der Waals surface area (Å²) in [5.41, 5.74) is 0. The van der Waals surface area contributed by atoms with Crippen molar-refractivity contribution >= 4 is 6.15 Å². The molecule has 1 saturated heterocycles. The molecule has 2 atom stereocenters. The van der Waals surface area contributed by atoms with Crippen molar-refractivity contribution in [1.29, 1.82) is 0 Å². The van der Waals surface area contributed by atoms with Gasteiger partial charge in [-0.2, -0.15) is 9.59 Å². The first-order valence-electron chi connectivity index (χ1n) is 3.11. The van der Waals surface area contributed by atoms with E-state index in [1.54, 1.807) is 0 Å². The van der Waals surface area contributed by atoms with E-state index in [1.807, 2.05) is 0 Å². The molecule has 0 radical (unpaired) electrons. The van der Waals surface area contributed by atoms with E-state index in [4.69, 9.17) is 14.7 Å². The third kappa shape index (κ3) is 4.21. The molecule has 0 aromatic carbocycles. The van der Waals surface area contributed by atoms with Gasteiger partial charge in [0, 0.05) is 12.6 Å². The Morgan fingerprint density at radius 2 is 2.10 bits per heavy atom. The maximum absolute atomic E-state index is 8.84. The molecule has 2 N–H and O–H groups in total. The molecule has 0 amide bonds. The summed E-state index contributed by atoms with van der Waals surface area (Å²) in [6, 6.07) is 0.523. The van der Waals surface area contributed by atoms with Crippen molar-refractivity contribution in [2.45, 2.75) is 25.5 Å². The fourth-order valence-corrected chi connectivity index (χ4v) is 0.912. The molecule has 1 aliphatic rings. The molecule has 58 valence electrons. The second-order valence-corrected chi connectivity index (χ2v) is 2.28. The van der Waals surface area contributed by atoms with Crippen LogP contribution in [0.15, 0.2) is 0 Å². The van der Waals surface area contributed by atoms with E-state index in [0.29, 0.717) is 6.04 Å². The number of aliphatic hydroxyl groups excluding tert-OH is 1. The Balaban J connectivity index is 0.000000236. The largest absolute Gasteiger partial charge is 0.392 e. The van der Waals surface area contributed by atoms with Crippen molar-refractivity contribution in [3.8, 4) is 0 Å². The lowest BCUT2D eigenvalue weighted by Crippen LogP contribution is -2.17. The number of hydrogen-bond donors (Lipinski definition) is 2. The molecule has 1 rings (SSSR count). The normalized spacial score (nSPS) is 30.2. The minimum atomic E-state index is -0.0880. The Labute approximate surface area is 59.2 Å². The maximum Gasteiger partial charge on any atom is 0.373 e. The van der Waals surface area contributed by atoms with E-state index >= 15 is 0 Å². The first-order chi connectivity index (χ1) is 4.70. The maximum atomic E-state index is 8.84. The molecule has 10 heavy (non-hydrogen) atoms. The summed E-state index contributed by atoms with van der Waals surface area (Å²) in [4.78, 5) is 16.2. The molecule has 0 aromatic heterocycles. The van der Waals surface area contributed by atoms with Gasteiger partial charge in [0.25, 0.3) is 0 Å². The van der Waals surface area contributed by atoms with Crippen LogP contribution < -0.4 is 5.32 Å². The van der Waals surface area contributed by atoms with Crippen LogP contribution in [0.3, 0.4) is 0 Å². The molecule has 0 saturated carbocycles. The van der Waals surface area contributed by atoms with Crippen LogP contribution in [-0.2, 0) is 9.59 Å². The monoisotopic (exact) mass is 145 g/mol. The minimum Gasteiger partial charge on any atom is -0.392 e. The zero-order chi connectivity index (χ0) is 7.98. The van der Waals surface area contributed by atoms with Crippen molar-refractivity contribution < 1.29 is 14.7 Å². The third-order valence-electron chi connectivity index (χ3n) is 1.33. The van der Waals surface area contributed by atoms with Gasteiger partial charge >= 0.3 is 6.15 Å². The molecule has 0 aromatic rings. The zero-order valence-electron chi connectivity index (χ0n) is 5.83. The number of nitrogens with one attached hydrogen (secondary N) is 1. The number of aliphatic hydroxyl groups is 1. The van der Waals surface area contributed by atoms with Gasteiger partial charge in [0.2, 0.25) is 0 Å². The number of rotatable bonds is 0. The molecule has 4 nitrogen and oxygen atoms in total. The topological polar surface area (TPSA) is 66.4 Å². The fraction of sp³-hybridized carbons (Fsp3) is 0.833. The summed E-state index contributed by atoms with van der Waals surface area (Å²) in [5, 5.41) is 12.0. The van der Waals surface area contributed by atoms with Crippen LogP contribution in [0.25, 0.3) is 0 Å². The fourth-order valence-electron chi connectivity index (χ4n) is 0.912. The molecule has 0 aliphatic carbocycles. The Morgan fingerprint density at radius 3 is 2.20 bits per heavy atom. The van der Waals surface area contributed by atoms with Crippen molar-refractivity contribution in [3.63, 3.8) is 0 Å². The van der Waals surface area contributed by atoms with Crippen LogP contribution in [0.4, 0.5) is 0 Å². The van der Waals surface area contributed by atoms with Crippen molar-refractivity contribution in [3.05, 3.63) is 0 Å². The van der Waals surface area contributed by atoms with E-state index in [2.05, 4.69) is 12.2 Å². The number of hydrogen-bond acceptors (Lipinski definition) is 4. The minimum absolute atomic E-state index is 0.0880. The smallest absolute Gasteiger partial charge is 0.373 e. The molecular formula is C6H11NO3. The van der Waals surface area contributed by atoms with Gasteiger partial charge in [-0.25, -0.2) is 0 Å². The lowest BCUT2D eigenvalue weighted by atomic mass is 10.2. The van der Waals surface area contributed by atoms with Gasteiger partial charge in [0.05, 0.1) is 6.10 Å². The average molecular weight is 145 g/mol. The lowest BCUT2D eigenvalue weighted by Gasteiger charge is -1.95. The molecular weight excluding hydrogens is 134 g/mol. The van der Waals surface area contributed by atoms with Crippen LogP contribution in [0, 0.1) is 0 Å². The summed E-state index contributed by atoms with van der Waals surface area (Å²) >= 11 is 0. The SMILES string of the molecule is CC1C[C@@H](O)CN1.O=C=O. The quantitative estimate of drug-likeness (QED) is 0.465. The second kappa shape index (κ2) is 5.11. The van der Waals surface area contributed by atoms with Crippen LogP contribution in [0.2, 0.25) is 0 Å². The first-order valence-corrected chi connectivity index (χ1v) is 3.11. The zero-order valence-corrected chi connectivity index (χ0v) is 5.83. The van der Waals surface area contributed by atoms with E-state index in [0.717, 1.165) is 13.0 Å². The summed E-state index contributed by atoms with van der Waals surface area (Å²) in [6.45, 7) is 2.86. The average Bonchev–Trinajstić information content (AvgIpc) is 2.17. The molecule has 1 fully saturated rings. The van der Waals surface area contributed by atoms with E-state index in [1.165, 1.54) is 0 Å². The summed E-state index contributed by atoms with van der Waals surface area (Å²) < 4.78 is 0. The van der Waals surface area contributed by atoms with Gasteiger partial charge in [-0.3, -0.25) is 0 Å². The lowest BCUT2D eigenvalue weighted by molar-refractivity contribution is -0.191. The molecule has 1 heterocycles. The van der Waals surface area contributed by atoms with Crippen LogP contribution >= 0.6 is 0 Å². The van der Waals surface area contributed by atoms with E-state index < -0.39 is 0 Å². The molecule has 1 unspecified atom stereocenters. The Kier molecular flexibility index (Phi) is 4.76. The highest BCUT2D eigenvalue weighted by Gasteiger charge is 2.16. The van der Waals surface area contributed by atoms with Crippen LogP contribution in [0.5, 0.6) is 0 Å². The van der Waals surface area contributed by atoms with Gasteiger partial charge in [0.1, 0.15) is 0 Å². The highest BCUT2D eigenvalue weighted by molar-refractivity contribution is 5.20. The summed E-state index contributed by atoms with van der Waals surface area (Å²) in [7, 11) is 0. The van der Waals surface area contributed by atoms with Crippen molar-refractivity contribution in [2.75, 3.05) is 6.54 Å². The predicted molar refractivity (Wildman–Crippen MR) is 33.1 cm³/mol. The highest BCUT2D eigenvalue weighted by Crippen LogP contribution is 2.03. The predicted octanol–water partition coefficient (Wildman–Crippen LogP) is -0.854. The Morgan fingerprint density at radius 1 is 1.60 bits per heavy atom. The van der Waals surface area contributed by atoms with E-state index in [9.17, 15) is 0 Å². The van der Waals surface area contributed by atoms with Crippen molar-refractivity contribution in [2.24, 2.45) is 0 Å². The number of carbonyl (C=O) groups excluding carboxylic acids is 2. The van der Waals surface area contributed by atoms with Gasteiger partial charge in [0.15, 0.2) is 0 Å². The molecule has 4 heteroatoms. The standard InChI is InChI=1S/C5H11NO.CO2/c1-4-2-5(7)3-6-4;2-1-3/h4-7H,2-3H2,1H3;/t4?,5-;/m1./s1. The third-order valence-corrected chi connectivity index (χ3v) is 1.33. The number of β-amino-alcohol motifs (C(OH)–C–C–N with tert-alkyl or cyclic N) is 1. The van der Waals surface area contributed by atoms with Gasteiger partial charge < -0.3 is 10.4 Å². The summed E-state index contributed by atoms with van der Waals surface area (Å²) in [6.07, 6.45) is 1.08. The highest BCUT2D eigenvalue weighted by atomic mass is 16.3. The Hall–Kier alpha value is -0.700. The van der Waals surface area contributed by atoms with Gasteiger partial charge in [-0.05, 0) is 13.3 Å². The van der Waals surface area contributed by atoms with Gasteiger partial charge in [-0.15, -0.1) is 0 Å². The van der Waals surface area contributed by atoms with E-state index in [-0.39, 0.29) is 12.3 Å². The molecule has 0 bridgehead atoms. The first kappa shape index (κ1) is 9.30. The van der Waals surface area contributed by atoms with Crippen molar-refractivity contribution in [1.82, 2.24) is 5.32 Å². The molecule has 0 spiro atoms. The summed E-state index contributed by atoms with van der Waals surface area (Å²) in [5.74, 6) is 0.